The Hall–Kier alpha value is -2.56. The van der Waals surface area contributed by atoms with Gasteiger partial charge < -0.3 is 5.32 Å². The molecule has 1 aliphatic rings. The number of nitrogens with zero attached hydrogens (tertiary/aromatic N) is 2. The lowest BCUT2D eigenvalue weighted by Gasteiger charge is -2.08. The zero-order valence-electron chi connectivity index (χ0n) is 11.6. The van der Waals surface area contributed by atoms with Crippen LogP contribution in [0.3, 0.4) is 0 Å². The van der Waals surface area contributed by atoms with Gasteiger partial charge in [-0.15, -0.1) is 0 Å². The monoisotopic (exact) mass is 297 g/mol. The molecule has 1 fully saturated rings. The SMILES string of the molecule is Fc1cccc([C@@H]2C[C@H]2Nc2ncnc3c(F)cccc23)c1. The standard InChI is InChI=1S/C17H13F2N3/c18-11-4-1-3-10(7-11)13-8-15(13)22-17-12-5-2-6-14(19)16(12)20-9-21-17/h1-7,9,13,15H,8H2,(H,20,21,22)/t13-,15+/m0/s1. The molecule has 0 unspecified atom stereocenters. The maximum Gasteiger partial charge on any atom is 0.149 e. The Bertz CT molecular complexity index is 850. The Labute approximate surface area is 126 Å². The molecule has 0 aliphatic heterocycles. The van der Waals surface area contributed by atoms with Crippen molar-refractivity contribution in [1.82, 2.24) is 9.97 Å². The van der Waals surface area contributed by atoms with Crippen LogP contribution in [0.15, 0.2) is 48.8 Å². The van der Waals surface area contributed by atoms with Crippen molar-refractivity contribution >= 4 is 16.7 Å². The first kappa shape index (κ1) is 13.1. The average molecular weight is 297 g/mol. The molecule has 110 valence electrons. The predicted molar refractivity (Wildman–Crippen MR) is 80.7 cm³/mol. The highest BCUT2D eigenvalue weighted by Crippen LogP contribution is 2.43. The van der Waals surface area contributed by atoms with Crippen molar-refractivity contribution in [3.05, 3.63) is 66.0 Å². The summed E-state index contributed by atoms with van der Waals surface area (Å²) in [5, 5.41) is 3.97. The maximum atomic E-state index is 13.7. The van der Waals surface area contributed by atoms with Crippen LogP contribution in [-0.4, -0.2) is 16.0 Å². The Morgan fingerprint density at radius 3 is 2.77 bits per heavy atom. The summed E-state index contributed by atoms with van der Waals surface area (Å²) in [6, 6.07) is 11.6. The van der Waals surface area contributed by atoms with Crippen LogP contribution < -0.4 is 5.32 Å². The van der Waals surface area contributed by atoms with Gasteiger partial charge in [0.2, 0.25) is 0 Å². The highest BCUT2D eigenvalue weighted by atomic mass is 19.1. The largest absolute Gasteiger partial charge is 0.366 e. The minimum absolute atomic E-state index is 0.183. The number of hydrogen-bond acceptors (Lipinski definition) is 3. The van der Waals surface area contributed by atoms with Crippen molar-refractivity contribution < 1.29 is 8.78 Å². The molecule has 0 amide bonds. The van der Waals surface area contributed by atoms with Gasteiger partial charge in [-0.3, -0.25) is 0 Å². The smallest absolute Gasteiger partial charge is 0.149 e. The lowest BCUT2D eigenvalue weighted by molar-refractivity contribution is 0.625. The zero-order valence-corrected chi connectivity index (χ0v) is 11.6. The first-order valence-electron chi connectivity index (χ1n) is 7.13. The van der Waals surface area contributed by atoms with E-state index in [0.29, 0.717) is 16.7 Å². The summed E-state index contributed by atoms with van der Waals surface area (Å²) in [6.45, 7) is 0. The molecule has 0 spiro atoms. The summed E-state index contributed by atoms with van der Waals surface area (Å²) in [6.07, 6.45) is 2.26. The van der Waals surface area contributed by atoms with E-state index in [-0.39, 0.29) is 23.6 Å². The number of para-hydroxylation sites is 1. The second-order valence-corrected chi connectivity index (χ2v) is 5.51. The molecule has 3 aromatic rings. The lowest BCUT2D eigenvalue weighted by atomic mass is 10.1. The minimum Gasteiger partial charge on any atom is -0.366 e. The van der Waals surface area contributed by atoms with Gasteiger partial charge in [0.15, 0.2) is 0 Å². The third-order valence-electron chi connectivity index (χ3n) is 4.00. The molecule has 1 saturated carbocycles. The number of hydrogen-bond donors (Lipinski definition) is 1. The lowest BCUT2D eigenvalue weighted by Crippen LogP contribution is -2.07. The van der Waals surface area contributed by atoms with Gasteiger partial charge in [0.1, 0.15) is 29.3 Å². The number of anilines is 1. The topological polar surface area (TPSA) is 37.8 Å². The zero-order chi connectivity index (χ0) is 15.1. The molecule has 1 heterocycles. The predicted octanol–water partition coefficient (Wildman–Crippen LogP) is 3.88. The van der Waals surface area contributed by atoms with Crippen LogP contribution in [0.2, 0.25) is 0 Å². The molecule has 0 radical (unpaired) electrons. The van der Waals surface area contributed by atoms with E-state index in [0.717, 1.165) is 12.0 Å². The Kier molecular flexibility index (Phi) is 2.99. The Morgan fingerprint density at radius 2 is 1.91 bits per heavy atom. The van der Waals surface area contributed by atoms with Gasteiger partial charge in [0, 0.05) is 17.3 Å². The fourth-order valence-electron chi connectivity index (χ4n) is 2.80. The summed E-state index contributed by atoms with van der Waals surface area (Å²) in [7, 11) is 0. The van der Waals surface area contributed by atoms with E-state index in [1.165, 1.54) is 18.5 Å². The third-order valence-corrected chi connectivity index (χ3v) is 4.00. The van der Waals surface area contributed by atoms with Crippen molar-refractivity contribution in [2.75, 3.05) is 5.32 Å². The van der Waals surface area contributed by atoms with Crippen LogP contribution in [0.1, 0.15) is 17.9 Å². The van der Waals surface area contributed by atoms with E-state index in [4.69, 9.17) is 0 Å². The van der Waals surface area contributed by atoms with E-state index >= 15 is 0 Å². The summed E-state index contributed by atoms with van der Waals surface area (Å²) in [5.74, 6) is 0.292. The number of rotatable bonds is 3. The van der Waals surface area contributed by atoms with Gasteiger partial charge in [0.05, 0.1) is 0 Å². The molecule has 22 heavy (non-hydrogen) atoms. The van der Waals surface area contributed by atoms with E-state index in [1.807, 2.05) is 6.07 Å². The Morgan fingerprint density at radius 1 is 1.05 bits per heavy atom. The van der Waals surface area contributed by atoms with Gasteiger partial charge in [-0.25, -0.2) is 18.7 Å². The molecule has 2 atom stereocenters. The summed E-state index contributed by atoms with van der Waals surface area (Å²) in [5.41, 5.74) is 1.28. The summed E-state index contributed by atoms with van der Waals surface area (Å²) in [4.78, 5) is 8.19. The molecule has 2 aromatic carbocycles. The number of benzene rings is 2. The van der Waals surface area contributed by atoms with Crippen LogP contribution in [0.5, 0.6) is 0 Å². The quantitative estimate of drug-likeness (QED) is 0.797. The fraction of sp³-hybridized carbons (Fsp3) is 0.176. The molecular formula is C17H13F2N3. The number of halogens is 2. The van der Waals surface area contributed by atoms with E-state index in [9.17, 15) is 8.78 Å². The second-order valence-electron chi connectivity index (χ2n) is 5.51. The first-order chi connectivity index (χ1) is 10.7. The van der Waals surface area contributed by atoms with Gasteiger partial charge in [-0.1, -0.05) is 18.2 Å². The number of aromatic nitrogens is 2. The van der Waals surface area contributed by atoms with Crippen molar-refractivity contribution in [1.29, 1.82) is 0 Å². The fourth-order valence-corrected chi connectivity index (χ4v) is 2.80. The van der Waals surface area contributed by atoms with Crippen LogP contribution in [0.4, 0.5) is 14.6 Å². The summed E-state index contributed by atoms with van der Waals surface area (Å²) < 4.78 is 27.0. The Balaban J connectivity index is 1.60. The van der Waals surface area contributed by atoms with Crippen molar-refractivity contribution in [2.45, 2.75) is 18.4 Å². The summed E-state index contributed by atoms with van der Waals surface area (Å²) >= 11 is 0. The van der Waals surface area contributed by atoms with Crippen LogP contribution in [-0.2, 0) is 0 Å². The van der Waals surface area contributed by atoms with E-state index < -0.39 is 0 Å². The minimum atomic E-state index is -0.361. The van der Waals surface area contributed by atoms with Gasteiger partial charge in [0.25, 0.3) is 0 Å². The molecule has 5 heteroatoms. The van der Waals surface area contributed by atoms with Crippen LogP contribution in [0, 0.1) is 11.6 Å². The van der Waals surface area contributed by atoms with Gasteiger partial charge in [-0.05, 0) is 36.2 Å². The van der Waals surface area contributed by atoms with Crippen molar-refractivity contribution in [3.63, 3.8) is 0 Å². The molecule has 0 saturated heterocycles. The molecule has 0 bridgehead atoms. The average Bonchev–Trinajstić information content (AvgIpc) is 3.28. The number of fused-ring (bicyclic) bond motifs is 1. The maximum absolute atomic E-state index is 13.7. The van der Waals surface area contributed by atoms with Crippen LogP contribution in [0.25, 0.3) is 10.9 Å². The molecular weight excluding hydrogens is 284 g/mol. The first-order valence-corrected chi connectivity index (χ1v) is 7.13. The van der Waals surface area contributed by atoms with E-state index in [1.54, 1.807) is 24.3 Å². The van der Waals surface area contributed by atoms with E-state index in [2.05, 4.69) is 15.3 Å². The molecule has 3 nitrogen and oxygen atoms in total. The normalized spacial score (nSPS) is 20.1. The molecule has 1 N–H and O–H groups in total. The second kappa shape index (κ2) is 5.02. The number of nitrogens with one attached hydrogen (secondary N) is 1. The third kappa shape index (κ3) is 2.28. The molecule has 1 aromatic heterocycles. The van der Waals surface area contributed by atoms with Crippen LogP contribution >= 0.6 is 0 Å². The molecule has 4 rings (SSSR count). The van der Waals surface area contributed by atoms with Gasteiger partial charge >= 0.3 is 0 Å². The highest BCUT2D eigenvalue weighted by Gasteiger charge is 2.39. The van der Waals surface area contributed by atoms with Gasteiger partial charge in [-0.2, -0.15) is 0 Å². The highest BCUT2D eigenvalue weighted by molar-refractivity contribution is 5.89. The van der Waals surface area contributed by atoms with Crippen molar-refractivity contribution in [2.24, 2.45) is 0 Å². The van der Waals surface area contributed by atoms with Crippen molar-refractivity contribution in [3.8, 4) is 0 Å². The molecule has 1 aliphatic carbocycles.